The van der Waals surface area contributed by atoms with Gasteiger partial charge < -0.3 is 29.2 Å². The third-order valence-electron chi connectivity index (χ3n) is 8.03. The van der Waals surface area contributed by atoms with Crippen molar-refractivity contribution in [2.24, 2.45) is 0 Å². The van der Waals surface area contributed by atoms with Crippen molar-refractivity contribution in [2.75, 3.05) is 0 Å². The van der Waals surface area contributed by atoms with Crippen molar-refractivity contribution in [1.29, 1.82) is 0 Å². The van der Waals surface area contributed by atoms with Crippen LogP contribution < -0.4 is 24.8 Å². The van der Waals surface area contributed by atoms with Crippen LogP contribution in [0.2, 0.25) is 13.1 Å². The smallest absolute Gasteiger partial charge is 1.00 e. The molecule has 2 aliphatic heterocycles. The molecule has 3 heterocycles. The van der Waals surface area contributed by atoms with Gasteiger partial charge in [0.1, 0.15) is 5.76 Å². The van der Waals surface area contributed by atoms with Crippen LogP contribution in [0.1, 0.15) is 77.2 Å². The summed E-state index contributed by atoms with van der Waals surface area (Å²) in [5.41, 5.74) is 12.4. The maximum atomic E-state index is 5.53. The normalized spacial score (nSPS) is 19.7. The van der Waals surface area contributed by atoms with Crippen molar-refractivity contribution in [2.45, 2.75) is 68.7 Å². The Kier molecular flexibility index (Phi) is 9.59. The molecule has 0 N–H and O–H groups in total. The van der Waals surface area contributed by atoms with Crippen LogP contribution >= 0.6 is 0 Å². The zero-order valence-corrected chi connectivity index (χ0v) is 26.9. The molecule has 2 aromatic carbocycles. The number of hydrogen-bond donors (Lipinski definition) is 0. The summed E-state index contributed by atoms with van der Waals surface area (Å²) in [5, 5.41) is 1.66. The van der Waals surface area contributed by atoms with Crippen LogP contribution in [0.4, 0.5) is 0 Å². The molecule has 5 heteroatoms. The molecule has 187 valence electrons. The number of allylic oxidation sites excluding steroid dienone is 2. The van der Waals surface area contributed by atoms with E-state index in [9.17, 15) is 0 Å². The summed E-state index contributed by atoms with van der Waals surface area (Å²) in [6, 6.07) is 18.1. The first-order chi connectivity index (χ1) is 16.3. The zero-order chi connectivity index (χ0) is 24.0. The third-order valence-corrected chi connectivity index (χ3v) is 14.0. The summed E-state index contributed by atoms with van der Waals surface area (Å²) in [6.07, 6.45) is 9.35. The second-order valence-corrected chi connectivity index (χ2v) is 16.6. The number of rotatable bonds is 5. The minimum Gasteiger partial charge on any atom is -1.00 e. The van der Waals surface area contributed by atoms with Crippen LogP contribution in [0.25, 0.3) is 22.4 Å². The number of fused-ring (bicyclic) bond motifs is 1. The van der Waals surface area contributed by atoms with E-state index in [0.29, 0.717) is 9.17 Å². The third kappa shape index (κ3) is 4.98. The Hall–Kier alpha value is -1.12. The largest absolute Gasteiger partial charge is 1.00 e. The van der Waals surface area contributed by atoms with E-state index in [1.807, 2.05) is 6.26 Å². The van der Waals surface area contributed by atoms with Gasteiger partial charge in [0.15, 0.2) is 0 Å². The van der Waals surface area contributed by atoms with Crippen LogP contribution in [0.3, 0.4) is 0 Å². The first-order valence-electron chi connectivity index (χ1n) is 12.7. The predicted molar refractivity (Wildman–Crippen MR) is 143 cm³/mol. The molecule has 1 nitrogen and oxygen atoms in total. The topological polar surface area (TPSA) is 13.1 Å². The van der Waals surface area contributed by atoms with E-state index >= 15 is 0 Å². The molecule has 0 saturated carbocycles. The summed E-state index contributed by atoms with van der Waals surface area (Å²) in [5.74, 6) is 1.26. The summed E-state index contributed by atoms with van der Waals surface area (Å²) in [6.45, 7) is 11.7. The molecule has 1 aromatic heterocycles. The van der Waals surface area contributed by atoms with E-state index < -0.39 is 8.07 Å². The van der Waals surface area contributed by atoms with Crippen LogP contribution in [0, 0.1) is 0 Å². The maximum Gasteiger partial charge on any atom is -1.00 e. The Morgan fingerprint density at radius 1 is 0.917 bits per heavy atom. The van der Waals surface area contributed by atoms with Gasteiger partial charge in [-0.1, -0.05) is 25.6 Å². The van der Waals surface area contributed by atoms with Crippen molar-refractivity contribution >= 4 is 19.3 Å². The molecule has 0 spiro atoms. The van der Waals surface area contributed by atoms with E-state index in [4.69, 9.17) is 4.42 Å². The van der Waals surface area contributed by atoms with Crippen molar-refractivity contribution in [1.82, 2.24) is 0 Å². The Morgan fingerprint density at radius 3 is 2.28 bits per heavy atom. The van der Waals surface area contributed by atoms with E-state index in [2.05, 4.69) is 88.5 Å². The molecular weight excluding hydrogens is 579 g/mol. The van der Waals surface area contributed by atoms with Crippen molar-refractivity contribution in [3.05, 3.63) is 94.0 Å². The van der Waals surface area contributed by atoms with Gasteiger partial charge in [0.05, 0.1) is 14.3 Å². The zero-order valence-electron chi connectivity index (χ0n) is 21.9. The predicted octanol–water partition coefficient (Wildman–Crippen LogP) is 3.05. The Bertz CT molecular complexity index is 1290. The number of benzene rings is 2. The van der Waals surface area contributed by atoms with Gasteiger partial charge in [0, 0.05) is 11.1 Å². The molecule has 0 fully saturated rings. The van der Waals surface area contributed by atoms with Gasteiger partial charge in [0.25, 0.3) is 0 Å². The molecule has 2 aliphatic carbocycles. The van der Waals surface area contributed by atoms with Crippen LogP contribution in [-0.2, 0) is 31.1 Å². The first kappa shape index (κ1) is 29.4. The standard InChI is InChI=1S/C21H23.C10H12OSi.2ClH.Zr/c1-3-4-5-7-17-10-12-18(13-11-17)20-9-6-8-19-14-16(2)15-21(19)20;1-6-9-7-4-5-11-8(7)10(6)12(9,2)3;;;/h6,8-15H,3-5,7H2,1-2H3;4-5,10H,1-3H3;2*1H;/q;;;;+2/p-2. The SMILES string of the molecule is CC1=C2c3ccoc3C1[Si]2(C)C.CCCCCc1ccc(-c2cccc3c2C=C(C)[CH]3[Zr+2])cc1.[Cl-].[Cl-]. The average molecular weight is 614 g/mol. The van der Waals surface area contributed by atoms with Gasteiger partial charge in [-0.2, -0.15) is 0 Å². The summed E-state index contributed by atoms with van der Waals surface area (Å²) in [7, 11) is -1.08. The van der Waals surface area contributed by atoms with E-state index in [1.54, 1.807) is 35.5 Å². The van der Waals surface area contributed by atoms with Gasteiger partial charge in [-0.3, -0.25) is 0 Å². The first-order valence-corrected chi connectivity index (χ1v) is 17.2. The molecule has 0 saturated heterocycles. The van der Waals surface area contributed by atoms with Gasteiger partial charge in [-0.15, -0.1) is 0 Å². The monoisotopic (exact) mass is 611 g/mol. The Labute approximate surface area is 245 Å². The van der Waals surface area contributed by atoms with Crippen molar-refractivity contribution in [3.8, 4) is 11.1 Å². The molecule has 3 aromatic rings. The van der Waals surface area contributed by atoms with Crippen LogP contribution in [-0.4, -0.2) is 8.07 Å². The van der Waals surface area contributed by atoms with Gasteiger partial charge in [-0.25, -0.2) is 0 Å². The molecule has 0 radical (unpaired) electrons. The molecule has 2 bridgehead atoms. The maximum absolute atomic E-state index is 5.53. The minimum atomic E-state index is -1.08. The molecule has 2 atom stereocenters. The number of hydrogen-bond acceptors (Lipinski definition) is 1. The Morgan fingerprint density at radius 2 is 1.64 bits per heavy atom. The quantitative estimate of drug-likeness (QED) is 0.319. The molecule has 4 aliphatic rings. The second kappa shape index (κ2) is 11.7. The average Bonchev–Trinajstić information content (AvgIpc) is 3.52. The number of halogens is 2. The minimum absolute atomic E-state index is 0. The molecule has 0 amide bonds. The molecular formula is C31H35Cl2OSiZr. The van der Waals surface area contributed by atoms with Crippen molar-refractivity contribution < 1.29 is 54.0 Å². The van der Waals surface area contributed by atoms with Crippen LogP contribution in [0.5, 0.6) is 0 Å². The fourth-order valence-electron chi connectivity index (χ4n) is 6.33. The summed E-state index contributed by atoms with van der Waals surface area (Å²) in [4.78, 5) is 0. The number of furan rings is 1. The Balaban J connectivity index is 0.000000218. The number of aryl methyl sites for hydroxylation is 1. The van der Waals surface area contributed by atoms with E-state index in [1.165, 1.54) is 70.4 Å². The summed E-state index contributed by atoms with van der Waals surface area (Å²) < 4.78 is 6.18. The van der Waals surface area contributed by atoms with Gasteiger partial charge in [-0.05, 0) is 18.2 Å². The summed E-state index contributed by atoms with van der Waals surface area (Å²) >= 11 is 1.59. The van der Waals surface area contributed by atoms with Gasteiger partial charge >= 0.3 is 143 Å². The molecule has 36 heavy (non-hydrogen) atoms. The molecule has 7 rings (SSSR count). The van der Waals surface area contributed by atoms with E-state index in [0.717, 1.165) is 0 Å². The van der Waals surface area contributed by atoms with Crippen molar-refractivity contribution in [3.63, 3.8) is 0 Å². The second-order valence-electron chi connectivity index (χ2n) is 10.7. The fraction of sp³-hybridized carbons (Fsp3) is 0.355. The van der Waals surface area contributed by atoms with E-state index in [-0.39, 0.29) is 24.8 Å². The molecule has 2 unspecified atom stereocenters. The fourth-order valence-corrected chi connectivity index (χ4v) is 11.4. The van der Waals surface area contributed by atoms with Gasteiger partial charge in [0.2, 0.25) is 0 Å². The van der Waals surface area contributed by atoms with Crippen LogP contribution in [0.15, 0.2) is 70.4 Å². The number of unbranched alkanes of at least 4 members (excludes halogenated alkanes) is 2.